The lowest BCUT2D eigenvalue weighted by atomic mass is 9.95. The van der Waals surface area contributed by atoms with Gasteiger partial charge in [0.25, 0.3) is 0 Å². The molecule has 0 radical (unpaired) electrons. The topological polar surface area (TPSA) is 27.7 Å². The summed E-state index contributed by atoms with van der Waals surface area (Å²) in [6.07, 6.45) is 4.12. The highest BCUT2D eigenvalue weighted by molar-refractivity contribution is 4.84. The molecule has 2 heterocycles. The van der Waals surface area contributed by atoms with E-state index in [1.165, 1.54) is 58.5 Å². The smallest absolute Gasteiger partial charge is 0.0521 e. The van der Waals surface area contributed by atoms with Crippen molar-refractivity contribution in [2.45, 2.75) is 25.3 Å². The van der Waals surface area contributed by atoms with Crippen molar-refractivity contribution in [3.63, 3.8) is 0 Å². The van der Waals surface area contributed by atoms with Crippen LogP contribution in [-0.4, -0.2) is 75.4 Å². The van der Waals surface area contributed by atoms with Gasteiger partial charge in [-0.25, -0.2) is 0 Å². The molecule has 4 heteroatoms. The van der Waals surface area contributed by atoms with Gasteiger partial charge in [-0.15, -0.1) is 0 Å². The molecule has 3 rings (SSSR count). The lowest BCUT2D eigenvalue weighted by Crippen LogP contribution is -2.52. The summed E-state index contributed by atoms with van der Waals surface area (Å²) in [6, 6.07) is 0.651. The van der Waals surface area contributed by atoms with Crippen LogP contribution in [-0.2, 0) is 4.74 Å². The Hall–Kier alpha value is -0.160. The van der Waals surface area contributed by atoms with Crippen molar-refractivity contribution in [2.24, 2.45) is 11.8 Å². The van der Waals surface area contributed by atoms with Crippen molar-refractivity contribution in [2.75, 3.05) is 59.5 Å². The fourth-order valence-corrected chi connectivity index (χ4v) is 3.51. The molecule has 2 aliphatic heterocycles. The molecule has 0 aromatic heterocycles. The largest absolute Gasteiger partial charge is 0.381 e. The molecule has 0 amide bonds. The second-order valence-electron chi connectivity index (χ2n) is 6.56. The van der Waals surface area contributed by atoms with E-state index in [9.17, 15) is 0 Å². The molecule has 2 atom stereocenters. The van der Waals surface area contributed by atoms with E-state index in [0.29, 0.717) is 12.0 Å². The molecule has 4 nitrogen and oxygen atoms in total. The summed E-state index contributed by atoms with van der Waals surface area (Å²) >= 11 is 0. The zero-order valence-corrected chi connectivity index (χ0v) is 12.3. The van der Waals surface area contributed by atoms with Crippen LogP contribution in [0.5, 0.6) is 0 Å². The van der Waals surface area contributed by atoms with Gasteiger partial charge in [-0.05, 0) is 32.2 Å². The van der Waals surface area contributed by atoms with Crippen LogP contribution < -0.4 is 5.32 Å². The van der Waals surface area contributed by atoms with E-state index in [0.717, 1.165) is 19.1 Å². The van der Waals surface area contributed by atoms with Crippen molar-refractivity contribution in [3.8, 4) is 0 Å². The van der Waals surface area contributed by atoms with Gasteiger partial charge in [0.2, 0.25) is 0 Å². The van der Waals surface area contributed by atoms with E-state index < -0.39 is 0 Å². The van der Waals surface area contributed by atoms with Gasteiger partial charge < -0.3 is 19.9 Å². The minimum absolute atomic E-state index is 0.651. The summed E-state index contributed by atoms with van der Waals surface area (Å²) in [5.41, 5.74) is 0. The molecule has 2 unspecified atom stereocenters. The van der Waals surface area contributed by atoms with Crippen LogP contribution in [0.4, 0.5) is 0 Å². The minimum Gasteiger partial charge on any atom is -0.381 e. The third kappa shape index (κ3) is 3.91. The van der Waals surface area contributed by atoms with Gasteiger partial charge in [-0.1, -0.05) is 0 Å². The lowest BCUT2D eigenvalue weighted by molar-refractivity contribution is 0.0102. The maximum absolute atomic E-state index is 5.66. The third-order valence-corrected chi connectivity index (χ3v) is 5.02. The second-order valence-corrected chi connectivity index (χ2v) is 6.56. The summed E-state index contributed by atoms with van der Waals surface area (Å²) < 4.78 is 5.66. The fourth-order valence-electron chi connectivity index (χ4n) is 3.51. The first-order valence-electron chi connectivity index (χ1n) is 8.05. The van der Waals surface area contributed by atoms with Gasteiger partial charge in [0.1, 0.15) is 0 Å². The van der Waals surface area contributed by atoms with Crippen molar-refractivity contribution >= 4 is 0 Å². The standard InChI is InChI=1S/C15H29N3O/c1-16-15-4-9-19-12-14(15)11-18-7-5-17(6-8-18)10-13-2-3-13/h13-16H,2-12H2,1H3. The van der Waals surface area contributed by atoms with Gasteiger partial charge in [0.15, 0.2) is 0 Å². The summed E-state index contributed by atoms with van der Waals surface area (Å²) in [6.45, 7) is 9.48. The van der Waals surface area contributed by atoms with Crippen LogP contribution in [0.3, 0.4) is 0 Å². The van der Waals surface area contributed by atoms with Crippen LogP contribution in [0, 0.1) is 11.8 Å². The number of piperazine rings is 1. The third-order valence-electron chi connectivity index (χ3n) is 5.02. The Balaban J connectivity index is 1.40. The van der Waals surface area contributed by atoms with Crippen LogP contribution in [0.2, 0.25) is 0 Å². The van der Waals surface area contributed by atoms with Crippen molar-refractivity contribution in [1.29, 1.82) is 0 Å². The summed E-state index contributed by atoms with van der Waals surface area (Å²) in [5, 5.41) is 3.47. The van der Waals surface area contributed by atoms with Gasteiger partial charge in [-0.2, -0.15) is 0 Å². The SMILES string of the molecule is CNC1CCOCC1CN1CCN(CC2CC2)CC1. The molecule has 0 bridgehead atoms. The Morgan fingerprint density at radius 1 is 1.00 bits per heavy atom. The maximum atomic E-state index is 5.66. The van der Waals surface area contributed by atoms with Gasteiger partial charge in [0, 0.05) is 57.8 Å². The molecule has 2 saturated heterocycles. The number of hydrogen-bond acceptors (Lipinski definition) is 4. The molecule has 3 aliphatic rings. The van der Waals surface area contributed by atoms with Crippen LogP contribution >= 0.6 is 0 Å². The van der Waals surface area contributed by atoms with Gasteiger partial charge in [-0.3, -0.25) is 0 Å². The molecule has 0 aromatic rings. The quantitative estimate of drug-likeness (QED) is 0.791. The Bertz CT molecular complexity index is 275. The molecule has 110 valence electrons. The Morgan fingerprint density at radius 2 is 1.68 bits per heavy atom. The normalized spacial score (nSPS) is 34.6. The Morgan fingerprint density at radius 3 is 2.32 bits per heavy atom. The first-order valence-corrected chi connectivity index (χ1v) is 8.05. The van der Waals surface area contributed by atoms with E-state index in [1.807, 2.05) is 0 Å². The number of hydrogen-bond donors (Lipinski definition) is 1. The zero-order valence-electron chi connectivity index (χ0n) is 12.3. The maximum Gasteiger partial charge on any atom is 0.0521 e. The molecule has 0 aromatic carbocycles. The zero-order chi connectivity index (χ0) is 13.1. The highest BCUT2D eigenvalue weighted by Gasteiger charge is 2.29. The number of rotatable bonds is 5. The molecule has 19 heavy (non-hydrogen) atoms. The van der Waals surface area contributed by atoms with Gasteiger partial charge >= 0.3 is 0 Å². The molecule has 0 spiro atoms. The van der Waals surface area contributed by atoms with E-state index in [4.69, 9.17) is 4.74 Å². The highest BCUT2D eigenvalue weighted by atomic mass is 16.5. The Kier molecular flexibility index (Phi) is 4.74. The molecule has 3 fully saturated rings. The average molecular weight is 267 g/mol. The predicted molar refractivity (Wildman–Crippen MR) is 77.4 cm³/mol. The predicted octanol–water partition coefficient (Wildman–Crippen LogP) is 0.639. The molecule has 1 N–H and O–H groups in total. The fraction of sp³-hybridized carbons (Fsp3) is 1.00. The summed E-state index contributed by atoms with van der Waals surface area (Å²) in [7, 11) is 2.09. The molecule has 1 saturated carbocycles. The van der Waals surface area contributed by atoms with E-state index >= 15 is 0 Å². The average Bonchev–Trinajstić information content (AvgIpc) is 3.26. The summed E-state index contributed by atoms with van der Waals surface area (Å²) in [5.74, 6) is 1.71. The molecular formula is C15H29N3O. The minimum atomic E-state index is 0.651. The second kappa shape index (κ2) is 6.53. The number of nitrogens with one attached hydrogen (secondary N) is 1. The van der Waals surface area contributed by atoms with E-state index in [1.54, 1.807) is 0 Å². The van der Waals surface area contributed by atoms with Crippen LogP contribution in [0.15, 0.2) is 0 Å². The van der Waals surface area contributed by atoms with Gasteiger partial charge in [0.05, 0.1) is 6.61 Å². The van der Waals surface area contributed by atoms with E-state index in [2.05, 4.69) is 22.2 Å². The first-order chi connectivity index (χ1) is 9.35. The van der Waals surface area contributed by atoms with Crippen molar-refractivity contribution in [3.05, 3.63) is 0 Å². The molecular weight excluding hydrogens is 238 g/mol. The lowest BCUT2D eigenvalue weighted by Gasteiger charge is -2.39. The van der Waals surface area contributed by atoms with Crippen LogP contribution in [0.25, 0.3) is 0 Å². The Labute approximate surface area is 117 Å². The molecule has 1 aliphatic carbocycles. The monoisotopic (exact) mass is 267 g/mol. The number of nitrogens with zero attached hydrogens (tertiary/aromatic N) is 2. The van der Waals surface area contributed by atoms with Crippen molar-refractivity contribution in [1.82, 2.24) is 15.1 Å². The highest BCUT2D eigenvalue weighted by Crippen LogP contribution is 2.30. The van der Waals surface area contributed by atoms with E-state index in [-0.39, 0.29) is 0 Å². The number of ether oxygens (including phenoxy) is 1. The van der Waals surface area contributed by atoms with Crippen LogP contribution in [0.1, 0.15) is 19.3 Å². The summed E-state index contributed by atoms with van der Waals surface area (Å²) in [4.78, 5) is 5.31. The van der Waals surface area contributed by atoms with Crippen molar-refractivity contribution < 1.29 is 4.74 Å². The first kappa shape index (κ1) is 13.8.